The van der Waals surface area contributed by atoms with Gasteiger partial charge in [0.25, 0.3) is 0 Å². The van der Waals surface area contributed by atoms with Gasteiger partial charge in [0.2, 0.25) is 0 Å². The third kappa shape index (κ3) is 2.90. The molecule has 0 radical (unpaired) electrons. The monoisotopic (exact) mass is 236 g/mol. The zero-order chi connectivity index (χ0) is 12.5. The zero-order valence-electron chi connectivity index (χ0n) is 11.1. The molecule has 1 aromatic rings. The smallest absolute Gasteiger partial charge is 0.117 e. The molecule has 96 valence electrons. The second kappa shape index (κ2) is 4.83. The molecule has 2 N–H and O–H groups in total. The van der Waals surface area contributed by atoms with E-state index in [-0.39, 0.29) is 0 Å². The van der Waals surface area contributed by atoms with Crippen molar-refractivity contribution in [2.45, 2.75) is 39.3 Å². The maximum atomic E-state index is 6.33. The second-order valence-electron chi connectivity index (χ2n) is 6.09. The van der Waals surface area contributed by atoms with Gasteiger partial charge in [-0.25, -0.2) is 0 Å². The average Bonchev–Trinajstić information content (AvgIpc) is 2.82. The Morgan fingerprint density at radius 3 is 2.82 bits per heavy atom. The van der Waals surface area contributed by atoms with E-state index in [0.717, 1.165) is 18.8 Å². The van der Waals surface area contributed by atoms with E-state index in [4.69, 9.17) is 10.2 Å². The van der Waals surface area contributed by atoms with Crippen molar-refractivity contribution < 1.29 is 4.42 Å². The van der Waals surface area contributed by atoms with E-state index in [0.29, 0.717) is 17.4 Å². The van der Waals surface area contributed by atoms with Gasteiger partial charge in [0, 0.05) is 12.6 Å². The Balaban J connectivity index is 1.85. The fourth-order valence-corrected chi connectivity index (χ4v) is 2.88. The van der Waals surface area contributed by atoms with E-state index in [1.54, 1.807) is 6.26 Å². The summed E-state index contributed by atoms with van der Waals surface area (Å²) in [5.41, 5.74) is 6.63. The van der Waals surface area contributed by atoms with Crippen LogP contribution < -0.4 is 5.73 Å². The van der Waals surface area contributed by atoms with Gasteiger partial charge in [-0.2, -0.15) is 0 Å². The van der Waals surface area contributed by atoms with Gasteiger partial charge in [-0.15, -0.1) is 0 Å². The molecular formula is C14H24N2O. The van der Waals surface area contributed by atoms with Gasteiger partial charge < -0.3 is 10.2 Å². The average molecular weight is 236 g/mol. The van der Waals surface area contributed by atoms with Crippen molar-refractivity contribution in [3.05, 3.63) is 24.2 Å². The molecular weight excluding hydrogens is 212 g/mol. The lowest BCUT2D eigenvalue weighted by Gasteiger charge is -2.29. The van der Waals surface area contributed by atoms with Crippen LogP contribution in [0.4, 0.5) is 0 Å². The molecule has 1 aliphatic rings. The van der Waals surface area contributed by atoms with Gasteiger partial charge >= 0.3 is 0 Å². The van der Waals surface area contributed by atoms with Crippen LogP contribution in [-0.4, -0.2) is 24.5 Å². The third-order valence-corrected chi connectivity index (χ3v) is 4.12. The highest BCUT2D eigenvalue weighted by Crippen LogP contribution is 2.40. The van der Waals surface area contributed by atoms with Gasteiger partial charge in [-0.05, 0) is 43.4 Å². The van der Waals surface area contributed by atoms with Crippen molar-refractivity contribution in [3.63, 3.8) is 0 Å². The van der Waals surface area contributed by atoms with Crippen LogP contribution in [0.2, 0.25) is 0 Å². The standard InChI is InChI=1S/C14H24N2O/c1-14(2)7-6-11(13(14)15)9-16(3)10-12-5-4-8-17-12/h4-5,8,11,13H,6-7,9-10,15H2,1-3H3. The van der Waals surface area contributed by atoms with Gasteiger partial charge in [0.15, 0.2) is 0 Å². The molecule has 2 atom stereocenters. The topological polar surface area (TPSA) is 42.4 Å². The summed E-state index contributed by atoms with van der Waals surface area (Å²) in [6, 6.07) is 4.28. The van der Waals surface area contributed by atoms with Gasteiger partial charge in [-0.1, -0.05) is 13.8 Å². The molecule has 17 heavy (non-hydrogen) atoms. The summed E-state index contributed by atoms with van der Waals surface area (Å²) in [7, 11) is 2.14. The molecule has 0 amide bonds. The summed E-state index contributed by atoms with van der Waals surface area (Å²) >= 11 is 0. The molecule has 3 heteroatoms. The summed E-state index contributed by atoms with van der Waals surface area (Å²) < 4.78 is 5.36. The predicted octanol–water partition coefficient (Wildman–Crippen LogP) is 2.47. The highest BCUT2D eigenvalue weighted by molar-refractivity contribution is 4.99. The number of nitrogens with zero attached hydrogens (tertiary/aromatic N) is 1. The third-order valence-electron chi connectivity index (χ3n) is 4.12. The lowest BCUT2D eigenvalue weighted by molar-refractivity contribution is 0.218. The minimum Gasteiger partial charge on any atom is -0.468 e. The highest BCUT2D eigenvalue weighted by atomic mass is 16.3. The Bertz CT molecular complexity index is 345. The molecule has 1 aliphatic carbocycles. The van der Waals surface area contributed by atoms with Crippen molar-refractivity contribution >= 4 is 0 Å². The van der Waals surface area contributed by atoms with E-state index >= 15 is 0 Å². The van der Waals surface area contributed by atoms with Gasteiger partial charge in [0.1, 0.15) is 5.76 Å². The predicted molar refractivity (Wildman–Crippen MR) is 69.5 cm³/mol. The number of hydrogen-bond acceptors (Lipinski definition) is 3. The molecule has 2 rings (SSSR count). The van der Waals surface area contributed by atoms with Gasteiger partial charge in [0.05, 0.1) is 12.8 Å². The molecule has 1 aromatic heterocycles. The van der Waals surface area contributed by atoms with Crippen molar-refractivity contribution in [1.29, 1.82) is 0 Å². The van der Waals surface area contributed by atoms with Crippen LogP contribution in [0.3, 0.4) is 0 Å². The molecule has 0 spiro atoms. The molecule has 0 aromatic carbocycles. The van der Waals surface area contributed by atoms with E-state index in [2.05, 4.69) is 25.8 Å². The maximum Gasteiger partial charge on any atom is 0.117 e. The first-order valence-electron chi connectivity index (χ1n) is 6.45. The summed E-state index contributed by atoms with van der Waals surface area (Å²) in [4.78, 5) is 2.31. The van der Waals surface area contributed by atoms with Crippen molar-refractivity contribution in [3.8, 4) is 0 Å². The Hall–Kier alpha value is -0.800. The lowest BCUT2D eigenvalue weighted by atomic mass is 9.85. The summed E-state index contributed by atoms with van der Waals surface area (Å²) in [6.07, 6.45) is 4.22. The minimum absolute atomic E-state index is 0.302. The minimum atomic E-state index is 0.302. The number of hydrogen-bond donors (Lipinski definition) is 1. The van der Waals surface area contributed by atoms with E-state index in [1.165, 1.54) is 12.8 Å². The number of nitrogens with two attached hydrogens (primary N) is 1. The van der Waals surface area contributed by atoms with Crippen LogP contribution in [0.25, 0.3) is 0 Å². The van der Waals surface area contributed by atoms with Crippen molar-refractivity contribution in [2.24, 2.45) is 17.1 Å². The molecule has 3 nitrogen and oxygen atoms in total. The van der Waals surface area contributed by atoms with E-state index in [9.17, 15) is 0 Å². The van der Waals surface area contributed by atoms with E-state index in [1.807, 2.05) is 12.1 Å². The molecule has 1 heterocycles. The molecule has 2 unspecified atom stereocenters. The highest BCUT2D eigenvalue weighted by Gasteiger charge is 2.39. The SMILES string of the molecule is CN(Cc1ccco1)CC1CCC(C)(C)C1N. The summed E-state index contributed by atoms with van der Waals surface area (Å²) in [5.74, 6) is 1.64. The maximum absolute atomic E-state index is 6.33. The van der Waals surface area contributed by atoms with Crippen molar-refractivity contribution in [2.75, 3.05) is 13.6 Å². The largest absolute Gasteiger partial charge is 0.468 e. The molecule has 1 saturated carbocycles. The summed E-state index contributed by atoms with van der Waals surface area (Å²) in [5, 5.41) is 0. The first kappa shape index (κ1) is 12.7. The zero-order valence-corrected chi connectivity index (χ0v) is 11.1. The lowest BCUT2D eigenvalue weighted by Crippen LogP contribution is -2.41. The first-order valence-corrected chi connectivity index (χ1v) is 6.45. The van der Waals surface area contributed by atoms with Crippen LogP contribution in [-0.2, 0) is 6.54 Å². The van der Waals surface area contributed by atoms with E-state index < -0.39 is 0 Å². The van der Waals surface area contributed by atoms with Crippen LogP contribution in [0, 0.1) is 11.3 Å². The Labute approximate surface area is 104 Å². The normalized spacial score (nSPS) is 27.8. The van der Waals surface area contributed by atoms with Crippen LogP contribution in [0.5, 0.6) is 0 Å². The molecule has 0 aliphatic heterocycles. The van der Waals surface area contributed by atoms with Crippen LogP contribution >= 0.6 is 0 Å². The molecule has 1 fully saturated rings. The van der Waals surface area contributed by atoms with Crippen LogP contribution in [0.1, 0.15) is 32.4 Å². The van der Waals surface area contributed by atoms with Crippen molar-refractivity contribution in [1.82, 2.24) is 4.90 Å². The molecule has 0 saturated heterocycles. The molecule has 0 bridgehead atoms. The summed E-state index contributed by atoms with van der Waals surface area (Å²) in [6.45, 7) is 6.50. The number of furan rings is 1. The Morgan fingerprint density at radius 2 is 2.29 bits per heavy atom. The first-order chi connectivity index (χ1) is 7.99. The number of rotatable bonds is 4. The second-order valence-corrected chi connectivity index (χ2v) is 6.09. The Kier molecular flexibility index (Phi) is 3.59. The Morgan fingerprint density at radius 1 is 1.53 bits per heavy atom. The van der Waals surface area contributed by atoms with Crippen LogP contribution in [0.15, 0.2) is 22.8 Å². The fourth-order valence-electron chi connectivity index (χ4n) is 2.88. The quantitative estimate of drug-likeness (QED) is 0.873. The fraction of sp³-hybridized carbons (Fsp3) is 0.714. The van der Waals surface area contributed by atoms with Gasteiger partial charge in [-0.3, -0.25) is 4.90 Å².